The van der Waals surface area contributed by atoms with E-state index in [1.54, 1.807) is 25.3 Å². The first-order valence-corrected chi connectivity index (χ1v) is 4.42. The predicted octanol–water partition coefficient (Wildman–Crippen LogP) is 0.943. The quantitative estimate of drug-likeness (QED) is 0.701. The highest BCUT2D eigenvalue weighted by Gasteiger charge is 2.06. The van der Waals surface area contributed by atoms with E-state index < -0.39 is 0 Å². The van der Waals surface area contributed by atoms with Crippen LogP contribution in [0.25, 0.3) is 11.0 Å². The fourth-order valence-corrected chi connectivity index (χ4v) is 1.38. The molecular formula is C10H11N3O. The Labute approximate surface area is 80.8 Å². The van der Waals surface area contributed by atoms with Crippen molar-refractivity contribution < 1.29 is 0 Å². The second kappa shape index (κ2) is 3.23. The summed E-state index contributed by atoms with van der Waals surface area (Å²) in [7, 11) is 0. The Morgan fingerprint density at radius 1 is 1.57 bits per heavy atom. The molecule has 0 aliphatic rings. The van der Waals surface area contributed by atoms with Crippen molar-refractivity contribution in [2.75, 3.05) is 0 Å². The molecule has 4 nitrogen and oxygen atoms in total. The van der Waals surface area contributed by atoms with Crippen molar-refractivity contribution in [3.63, 3.8) is 0 Å². The van der Waals surface area contributed by atoms with Gasteiger partial charge in [-0.05, 0) is 25.1 Å². The zero-order valence-electron chi connectivity index (χ0n) is 7.82. The van der Waals surface area contributed by atoms with E-state index in [1.807, 2.05) is 6.07 Å². The first-order chi connectivity index (χ1) is 6.68. The van der Waals surface area contributed by atoms with E-state index in [9.17, 15) is 4.79 Å². The maximum atomic E-state index is 11.5. The first kappa shape index (κ1) is 8.90. The maximum Gasteiger partial charge on any atom is 0.253 e. The predicted molar refractivity (Wildman–Crippen MR) is 55.0 cm³/mol. The molecule has 0 fully saturated rings. The number of aromatic nitrogens is 2. The van der Waals surface area contributed by atoms with Gasteiger partial charge in [0.05, 0.1) is 11.0 Å². The van der Waals surface area contributed by atoms with Crippen LogP contribution in [0.5, 0.6) is 0 Å². The molecule has 0 aliphatic carbocycles. The number of pyridine rings is 2. The lowest BCUT2D eigenvalue weighted by molar-refractivity contribution is 0.803. The van der Waals surface area contributed by atoms with Gasteiger partial charge in [0.25, 0.3) is 5.56 Å². The van der Waals surface area contributed by atoms with Gasteiger partial charge in [-0.2, -0.15) is 0 Å². The molecule has 0 aromatic carbocycles. The largest absolute Gasteiger partial charge is 0.324 e. The lowest BCUT2D eigenvalue weighted by Crippen LogP contribution is -2.19. The first-order valence-electron chi connectivity index (χ1n) is 4.42. The molecular weight excluding hydrogens is 178 g/mol. The Hall–Kier alpha value is -1.68. The van der Waals surface area contributed by atoms with Crippen LogP contribution in [0.4, 0.5) is 0 Å². The third kappa shape index (κ3) is 1.40. The molecule has 0 saturated heterocycles. The Balaban J connectivity index is 2.78. The summed E-state index contributed by atoms with van der Waals surface area (Å²) in [6.07, 6.45) is 1.69. The Morgan fingerprint density at radius 3 is 3.07 bits per heavy atom. The van der Waals surface area contributed by atoms with Gasteiger partial charge in [-0.15, -0.1) is 0 Å². The van der Waals surface area contributed by atoms with E-state index in [1.165, 1.54) is 0 Å². The minimum Gasteiger partial charge on any atom is -0.324 e. The van der Waals surface area contributed by atoms with Crippen molar-refractivity contribution in [1.29, 1.82) is 0 Å². The fourth-order valence-electron chi connectivity index (χ4n) is 1.38. The molecule has 2 aromatic heterocycles. The van der Waals surface area contributed by atoms with E-state index in [0.717, 1.165) is 11.0 Å². The highest BCUT2D eigenvalue weighted by molar-refractivity contribution is 5.74. The molecule has 1 unspecified atom stereocenters. The van der Waals surface area contributed by atoms with Crippen molar-refractivity contribution in [2.24, 2.45) is 5.73 Å². The minimum absolute atomic E-state index is 0.138. The smallest absolute Gasteiger partial charge is 0.253 e. The standard InChI is InChI=1S/C10H11N3O/c1-6(11)7-5-9-8(13-10(7)14)3-2-4-12-9/h2-6H,11H2,1H3,(H,13,14). The number of hydrogen-bond acceptors (Lipinski definition) is 3. The van der Waals surface area contributed by atoms with Crippen LogP contribution in [0.1, 0.15) is 18.5 Å². The van der Waals surface area contributed by atoms with E-state index in [2.05, 4.69) is 9.97 Å². The number of nitrogens with zero attached hydrogens (tertiary/aromatic N) is 1. The monoisotopic (exact) mass is 189 g/mol. The van der Waals surface area contributed by atoms with Gasteiger partial charge in [0, 0.05) is 17.8 Å². The van der Waals surface area contributed by atoms with Crippen LogP contribution in [0.3, 0.4) is 0 Å². The Bertz CT molecular complexity index is 516. The molecule has 1 atom stereocenters. The lowest BCUT2D eigenvalue weighted by Gasteiger charge is -2.04. The third-order valence-corrected chi connectivity index (χ3v) is 2.13. The fraction of sp³-hybridized carbons (Fsp3) is 0.200. The molecule has 0 radical (unpaired) electrons. The van der Waals surface area contributed by atoms with Crippen molar-refractivity contribution in [3.05, 3.63) is 40.3 Å². The van der Waals surface area contributed by atoms with Crippen LogP contribution < -0.4 is 11.3 Å². The van der Waals surface area contributed by atoms with Gasteiger partial charge in [0.1, 0.15) is 0 Å². The van der Waals surface area contributed by atoms with Crippen LogP contribution in [-0.4, -0.2) is 9.97 Å². The molecule has 2 rings (SSSR count). The number of aromatic amines is 1. The zero-order chi connectivity index (χ0) is 10.1. The van der Waals surface area contributed by atoms with Crippen molar-refractivity contribution >= 4 is 11.0 Å². The van der Waals surface area contributed by atoms with Gasteiger partial charge in [0.2, 0.25) is 0 Å². The molecule has 14 heavy (non-hydrogen) atoms. The number of rotatable bonds is 1. The lowest BCUT2D eigenvalue weighted by atomic mass is 10.1. The highest BCUT2D eigenvalue weighted by atomic mass is 16.1. The van der Waals surface area contributed by atoms with Crippen molar-refractivity contribution in [1.82, 2.24) is 9.97 Å². The third-order valence-electron chi connectivity index (χ3n) is 2.13. The normalized spacial score (nSPS) is 13.0. The SMILES string of the molecule is CC(N)c1cc2ncccc2[nH]c1=O. The molecule has 0 aliphatic heterocycles. The summed E-state index contributed by atoms with van der Waals surface area (Å²) in [5.74, 6) is 0. The van der Waals surface area contributed by atoms with Crippen LogP contribution in [0.2, 0.25) is 0 Å². The van der Waals surface area contributed by atoms with Gasteiger partial charge < -0.3 is 10.7 Å². The van der Waals surface area contributed by atoms with E-state index in [-0.39, 0.29) is 11.6 Å². The molecule has 72 valence electrons. The maximum absolute atomic E-state index is 11.5. The second-order valence-electron chi connectivity index (χ2n) is 3.28. The Morgan fingerprint density at radius 2 is 2.36 bits per heavy atom. The molecule has 0 bridgehead atoms. The number of hydrogen-bond donors (Lipinski definition) is 2. The zero-order valence-corrected chi connectivity index (χ0v) is 7.82. The topological polar surface area (TPSA) is 71.8 Å². The van der Waals surface area contributed by atoms with E-state index in [0.29, 0.717) is 5.56 Å². The summed E-state index contributed by atoms with van der Waals surface area (Å²) < 4.78 is 0. The molecule has 0 saturated carbocycles. The minimum atomic E-state index is -0.273. The molecule has 0 spiro atoms. The molecule has 0 amide bonds. The molecule has 2 aromatic rings. The van der Waals surface area contributed by atoms with Gasteiger partial charge in [-0.1, -0.05) is 0 Å². The average Bonchev–Trinajstić information content (AvgIpc) is 2.16. The summed E-state index contributed by atoms with van der Waals surface area (Å²) in [4.78, 5) is 18.4. The summed E-state index contributed by atoms with van der Waals surface area (Å²) in [5.41, 5.74) is 7.59. The summed E-state index contributed by atoms with van der Waals surface area (Å²) >= 11 is 0. The van der Waals surface area contributed by atoms with E-state index >= 15 is 0 Å². The van der Waals surface area contributed by atoms with Crippen LogP contribution in [0.15, 0.2) is 29.2 Å². The van der Waals surface area contributed by atoms with E-state index in [4.69, 9.17) is 5.73 Å². The van der Waals surface area contributed by atoms with Crippen molar-refractivity contribution in [2.45, 2.75) is 13.0 Å². The Kier molecular flexibility index (Phi) is 2.05. The van der Waals surface area contributed by atoms with Crippen LogP contribution in [0, 0.1) is 0 Å². The summed E-state index contributed by atoms with van der Waals surface area (Å²) in [5, 5.41) is 0. The molecule has 2 heterocycles. The van der Waals surface area contributed by atoms with Crippen LogP contribution in [-0.2, 0) is 0 Å². The van der Waals surface area contributed by atoms with Gasteiger partial charge in [0.15, 0.2) is 0 Å². The average molecular weight is 189 g/mol. The summed E-state index contributed by atoms with van der Waals surface area (Å²) in [6, 6.07) is 5.06. The molecule has 3 N–H and O–H groups in total. The molecule has 4 heteroatoms. The van der Waals surface area contributed by atoms with Gasteiger partial charge >= 0.3 is 0 Å². The number of nitrogens with one attached hydrogen (secondary N) is 1. The number of fused-ring (bicyclic) bond motifs is 1. The summed E-state index contributed by atoms with van der Waals surface area (Å²) in [6.45, 7) is 1.78. The second-order valence-corrected chi connectivity index (χ2v) is 3.28. The number of nitrogens with two attached hydrogens (primary N) is 1. The van der Waals surface area contributed by atoms with Gasteiger partial charge in [-0.3, -0.25) is 9.78 Å². The number of H-pyrrole nitrogens is 1. The highest BCUT2D eigenvalue weighted by Crippen LogP contribution is 2.10. The van der Waals surface area contributed by atoms with Gasteiger partial charge in [-0.25, -0.2) is 0 Å². The van der Waals surface area contributed by atoms with Crippen LogP contribution >= 0.6 is 0 Å². The van der Waals surface area contributed by atoms with Crippen molar-refractivity contribution in [3.8, 4) is 0 Å².